The molecule has 1 atom stereocenters. The van der Waals surface area contributed by atoms with Gasteiger partial charge in [-0.1, -0.05) is 18.5 Å². The molecule has 0 spiro atoms. The van der Waals surface area contributed by atoms with E-state index in [-0.39, 0.29) is 11.5 Å². The first kappa shape index (κ1) is 18.3. The number of aromatic nitrogens is 2. The van der Waals surface area contributed by atoms with Gasteiger partial charge in [-0.15, -0.1) is 0 Å². The van der Waals surface area contributed by atoms with Crippen LogP contribution in [0.25, 0.3) is 0 Å². The lowest BCUT2D eigenvalue weighted by Gasteiger charge is -2.23. The maximum Gasteiger partial charge on any atom is 0.329 e. The van der Waals surface area contributed by atoms with Crippen LogP contribution in [-0.4, -0.2) is 45.5 Å². The van der Waals surface area contributed by atoms with E-state index in [0.29, 0.717) is 23.6 Å². The highest BCUT2D eigenvalue weighted by molar-refractivity contribution is 6.30. The van der Waals surface area contributed by atoms with E-state index >= 15 is 0 Å². The van der Waals surface area contributed by atoms with Crippen molar-refractivity contribution < 1.29 is 4.92 Å². The minimum Gasteiger partial charge on any atom is -0.363 e. The Balaban J connectivity index is 1.75. The number of halogens is 1. The number of rotatable bonds is 7. The van der Waals surface area contributed by atoms with Crippen molar-refractivity contribution in [1.29, 1.82) is 0 Å². The van der Waals surface area contributed by atoms with Crippen molar-refractivity contribution in [3.8, 4) is 0 Å². The smallest absolute Gasteiger partial charge is 0.329 e. The van der Waals surface area contributed by atoms with Crippen molar-refractivity contribution in [2.45, 2.75) is 25.8 Å². The van der Waals surface area contributed by atoms with Crippen LogP contribution in [0.5, 0.6) is 0 Å². The van der Waals surface area contributed by atoms with Gasteiger partial charge in [-0.05, 0) is 50.2 Å². The standard InChI is InChI=1S/C17H21ClN6O2/c1-2-23-9-3-4-14(23)10-19-16-15(24(25)26)11-20-17(22-16)21-13-7-5-12(18)6-8-13/h5-8,11,14H,2-4,9-10H2,1H3,(H2,19,20,21,22). The van der Waals surface area contributed by atoms with E-state index in [9.17, 15) is 10.1 Å². The molecule has 0 bridgehead atoms. The topological polar surface area (TPSA) is 96.2 Å². The summed E-state index contributed by atoms with van der Waals surface area (Å²) in [6.45, 7) is 4.78. The molecule has 1 aliphatic heterocycles. The van der Waals surface area contributed by atoms with Crippen LogP contribution in [0.1, 0.15) is 19.8 Å². The van der Waals surface area contributed by atoms with Crippen molar-refractivity contribution in [3.63, 3.8) is 0 Å². The van der Waals surface area contributed by atoms with E-state index in [2.05, 4.69) is 32.4 Å². The predicted molar refractivity (Wildman–Crippen MR) is 102 cm³/mol. The van der Waals surface area contributed by atoms with E-state index in [1.165, 1.54) is 6.20 Å². The molecule has 0 amide bonds. The number of anilines is 3. The van der Waals surface area contributed by atoms with E-state index in [1.807, 2.05) is 0 Å². The van der Waals surface area contributed by atoms with Gasteiger partial charge in [0.15, 0.2) is 0 Å². The molecule has 0 saturated carbocycles. The Labute approximate surface area is 156 Å². The highest BCUT2D eigenvalue weighted by Gasteiger charge is 2.24. The highest BCUT2D eigenvalue weighted by atomic mass is 35.5. The van der Waals surface area contributed by atoms with Crippen LogP contribution < -0.4 is 10.6 Å². The molecule has 2 heterocycles. The first-order valence-corrected chi connectivity index (χ1v) is 8.96. The summed E-state index contributed by atoms with van der Waals surface area (Å²) >= 11 is 5.87. The molecular formula is C17H21ClN6O2. The fraction of sp³-hybridized carbons (Fsp3) is 0.412. The molecule has 1 fully saturated rings. The maximum absolute atomic E-state index is 11.3. The summed E-state index contributed by atoms with van der Waals surface area (Å²) in [6.07, 6.45) is 3.45. The summed E-state index contributed by atoms with van der Waals surface area (Å²) in [5, 5.41) is 18.1. The van der Waals surface area contributed by atoms with Gasteiger partial charge in [-0.2, -0.15) is 4.98 Å². The summed E-state index contributed by atoms with van der Waals surface area (Å²) in [5.41, 5.74) is 0.620. The minimum atomic E-state index is -0.472. The molecule has 2 N–H and O–H groups in total. The van der Waals surface area contributed by atoms with Crippen molar-refractivity contribution in [1.82, 2.24) is 14.9 Å². The zero-order chi connectivity index (χ0) is 18.5. The normalized spacial score (nSPS) is 17.2. The summed E-state index contributed by atoms with van der Waals surface area (Å²) in [7, 11) is 0. The Kier molecular flexibility index (Phi) is 5.85. The van der Waals surface area contributed by atoms with Gasteiger partial charge < -0.3 is 10.6 Å². The largest absolute Gasteiger partial charge is 0.363 e. The average molecular weight is 377 g/mol. The molecule has 138 valence electrons. The quantitative estimate of drug-likeness (QED) is 0.562. The number of nitrogens with one attached hydrogen (secondary N) is 2. The van der Waals surface area contributed by atoms with Crippen molar-refractivity contribution in [2.75, 3.05) is 30.3 Å². The number of hydrogen-bond donors (Lipinski definition) is 2. The second kappa shape index (κ2) is 8.29. The number of likely N-dealkylation sites (tertiary alicyclic amines) is 1. The lowest BCUT2D eigenvalue weighted by atomic mass is 10.2. The van der Waals surface area contributed by atoms with Crippen molar-refractivity contribution in [3.05, 3.63) is 45.6 Å². The van der Waals surface area contributed by atoms with E-state index in [0.717, 1.165) is 31.6 Å². The van der Waals surface area contributed by atoms with Gasteiger partial charge >= 0.3 is 5.69 Å². The number of likely N-dealkylation sites (N-methyl/N-ethyl adjacent to an activating group) is 1. The number of benzene rings is 1. The van der Waals surface area contributed by atoms with E-state index in [4.69, 9.17) is 11.6 Å². The molecule has 2 aromatic rings. The van der Waals surface area contributed by atoms with Crippen LogP contribution in [0, 0.1) is 10.1 Å². The molecule has 9 heteroatoms. The first-order chi connectivity index (χ1) is 12.6. The Bertz CT molecular complexity index is 770. The van der Waals surface area contributed by atoms with Crippen LogP contribution in [-0.2, 0) is 0 Å². The van der Waals surface area contributed by atoms with Gasteiger partial charge in [-0.25, -0.2) is 4.98 Å². The SMILES string of the molecule is CCN1CCCC1CNc1nc(Nc2ccc(Cl)cc2)ncc1[N+](=O)[O-]. The van der Waals surface area contributed by atoms with Crippen LogP contribution in [0.15, 0.2) is 30.5 Å². The minimum absolute atomic E-state index is 0.132. The number of nitrogens with zero attached hydrogens (tertiary/aromatic N) is 4. The van der Waals surface area contributed by atoms with Gasteiger partial charge in [0.05, 0.1) is 4.92 Å². The summed E-state index contributed by atoms with van der Waals surface area (Å²) in [6, 6.07) is 7.43. The number of nitro groups is 1. The fourth-order valence-corrected chi connectivity index (χ4v) is 3.24. The molecule has 0 aliphatic carbocycles. The molecule has 3 rings (SSSR count). The fourth-order valence-electron chi connectivity index (χ4n) is 3.12. The zero-order valence-corrected chi connectivity index (χ0v) is 15.2. The van der Waals surface area contributed by atoms with Gasteiger partial charge in [0, 0.05) is 23.3 Å². The zero-order valence-electron chi connectivity index (χ0n) is 14.5. The Morgan fingerprint density at radius 2 is 2.15 bits per heavy atom. The van der Waals surface area contributed by atoms with Gasteiger partial charge in [-0.3, -0.25) is 15.0 Å². The molecule has 1 aliphatic rings. The van der Waals surface area contributed by atoms with Gasteiger partial charge in [0.1, 0.15) is 6.20 Å². The van der Waals surface area contributed by atoms with Crippen molar-refractivity contribution in [2.24, 2.45) is 0 Å². The number of hydrogen-bond acceptors (Lipinski definition) is 7. The second-order valence-corrected chi connectivity index (χ2v) is 6.56. The first-order valence-electron chi connectivity index (χ1n) is 8.58. The highest BCUT2D eigenvalue weighted by Crippen LogP contribution is 2.25. The molecule has 26 heavy (non-hydrogen) atoms. The predicted octanol–water partition coefficient (Wildman–Crippen LogP) is 3.68. The maximum atomic E-state index is 11.3. The monoisotopic (exact) mass is 376 g/mol. The molecular weight excluding hydrogens is 356 g/mol. The van der Waals surface area contributed by atoms with Crippen LogP contribution in [0.2, 0.25) is 5.02 Å². The van der Waals surface area contributed by atoms with Crippen LogP contribution in [0.3, 0.4) is 0 Å². The molecule has 1 aromatic heterocycles. The van der Waals surface area contributed by atoms with Crippen molar-refractivity contribution >= 4 is 34.7 Å². The van der Waals surface area contributed by atoms with Gasteiger partial charge in [0.25, 0.3) is 0 Å². The molecule has 0 radical (unpaired) electrons. The van der Waals surface area contributed by atoms with Crippen LogP contribution in [0.4, 0.5) is 23.1 Å². The lowest BCUT2D eigenvalue weighted by Crippen LogP contribution is -2.34. The van der Waals surface area contributed by atoms with Gasteiger partial charge in [0.2, 0.25) is 11.8 Å². The summed E-state index contributed by atoms with van der Waals surface area (Å²) in [4.78, 5) is 21.5. The lowest BCUT2D eigenvalue weighted by molar-refractivity contribution is -0.384. The molecule has 1 aromatic carbocycles. The Hall–Kier alpha value is -2.45. The molecule has 8 nitrogen and oxygen atoms in total. The third kappa shape index (κ3) is 4.39. The molecule has 1 unspecified atom stereocenters. The second-order valence-electron chi connectivity index (χ2n) is 6.12. The third-order valence-electron chi connectivity index (χ3n) is 4.48. The van der Waals surface area contributed by atoms with E-state index in [1.54, 1.807) is 24.3 Å². The summed E-state index contributed by atoms with van der Waals surface area (Å²) in [5.74, 6) is 0.517. The Morgan fingerprint density at radius 1 is 1.38 bits per heavy atom. The van der Waals surface area contributed by atoms with Crippen LogP contribution >= 0.6 is 11.6 Å². The Morgan fingerprint density at radius 3 is 2.85 bits per heavy atom. The summed E-state index contributed by atoms with van der Waals surface area (Å²) < 4.78 is 0. The van der Waals surface area contributed by atoms with E-state index < -0.39 is 4.92 Å². The molecule has 1 saturated heterocycles. The average Bonchev–Trinajstić information content (AvgIpc) is 3.09. The third-order valence-corrected chi connectivity index (χ3v) is 4.73.